The molecule has 0 aliphatic carbocycles. The molecule has 0 N–H and O–H groups in total. The minimum absolute atomic E-state index is 0.0231. The van der Waals surface area contributed by atoms with Gasteiger partial charge in [0.2, 0.25) is 0 Å². The lowest BCUT2D eigenvalue weighted by Crippen LogP contribution is -2.19. The third-order valence-electron chi connectivity index (χ3n) is 2.13. The van der Waals surface area contributed by atoms with E-state index in [1.54, 1.807) is 20.8 Å². The maximum absolute atomic E-state index is 11.9. The molecule has 5 nitrogen and oxygen atoms in total. The lowest BCUT2D eigenvalue weighted by Gasteiger charge is -2.09. The van der Waals surface area contributed by atoms with Crippen molar-refractivity contribution in [2.45, 2.75) is 37.6 Å². The first-order chi connectivity index (χ1) is 6.95. The predicted octanol–water partition coefficient (Wildman–Crippen LogP) is 0.898. The Hall–Kier alpha value is -1.17. The monoisotopic (exact) mass is 230 g/mol. The third kappa shape index (κ3) is 1.94. The Balaban J connectivity index is 3.47. The highest BCUT2D eigenvalue weighted by atomic mass is 32.2. The van der Waals surface area contributed by atoms with Crippen LogP contribution in [-0.4, -0.2) is 29.7 Å². The number of carbonyl (C=O) groups is 1. The van der Waals surface area contributed by atoms with Crippen LogP contribution in [0.5, 0.6) is 0 Å². The van der Waals surface area contributed by atoms with E-state index in [-0.39, 0.29) is 10.6 Å². The molecule has 1 aromatic heterocycles. The van der Waals surface area contributed by atoms with Crippen molar-refractivity contribution in [1.82, 2.24) is 9.78 Å². The molecule has 0 aliphatic rings. The van der Waals surface area contributed by atoms with Crippen LogP contribution in [0.4, 0.5) is 0 Å². The van der Waals surface area contributed by atoms with E-state index >= 15 is 0 Å². The number of aryl methyl sites for hydroxylation is 1. The number of rotatable bonds is 4. The van der Waals surface area contributed by atoms with E-state index in [1.165, 1.54) is 10.9 Å². The first-order valence-corrected chi connectivity index (χ1v) is 6.24. The van der Waals surface area contributed by atoms with Gasteiger partial charge in [0.1, 0.15) is 0 Å². The second kappa shape index (κ2) is 4.14. The van der Waals surface area contributed by atoms with Gasteiger partial charge >= 0.3 is 0 Å². The Kier molecular flexibility index (Phi) is 3.28. The summed E-state index contributed by atoms with van der Waals surface area (Å²) in [6.07, 6.45) is 1.81. The first-order valence-electron chi connectivity index (χ1n) is 4.70. The van der Waals surface area contributed by atoms with E-state index < -0.39 is 15.1 Å². The van der Waals surface area contributed by atoms with Gasteiger partial charge in [0, 0.05) is 6.54 Å². The van der Waals surface area contributed by atoms with Gasteiger partial charge in [-0.3, -0.25) is 9.48 Å². The van der Waals surface area contributed by atoms with Crippen LogP contribution in [-0.2, 0) is 16.4 Å². The summed E-state index contributed by atoms with van der Waals surface area (Å²) in [6, 6.07) is 0. The number of sulfone groups is 1. The van der Waals surface area contributed by atoms with Gasteiger partial charge in [-0.05, 0) is 20.8 Å². The fourth-order valence-corrected chi connectivity index (χ4v) is 2.57. The van der Waals surface area contributed by atoms with Crippen molar-refractivity contribution in [3.63, 3.8) is 0 Å². The molecule has 6 heteroatoms. The average molecular weight is 230 g/mol. The van der Waals surface area contributed by atoms with Crippen molar-refractivity contribution in [2.24, 2.45) is 0 Å². The smallest absolute Gasteiger partial charge is 0.198 e. The molecule has 0 fully saturated rings. The summed E-state index contributed by atoms with van der Waals surface area (Å²) in [5.41, 5.74) is 0.130. The Morgan fingerprint density at radius 1 is 1.53 bits per heavy atom. The molecule has 0 saturated carbocycles. The van der Waals surface area contributed by atoms with Crippen molar-refractivity contribution in [3.05, 3.63) is 11.8 Å². The molecular weight excluding hydrogens is 216 g/mol. The Bertz CT molecular complexity index is 460. The molecule has 84 valence electrons. The number of aldehydes is 1. The van der Waals surface area contributed by atoms with E-state index in [2.05, 4.69) is 5.10 Å². The van der Waals surface area contributed by atoms with E-state index in [0.717, 1.165) is 0 Å². The number of aromatic nitrogens is 2. The zero-order valence-electron chi connectivity index (χ0n) is 8.97. The summed E-state index contributed by atoms with van der Waals surface area (Å²) < 4.78 is 25.2. The van der Waals surface area contributed by atoms with Gasteiger partial charge in [0.05, 0.1) is 17.0 Å². The predicted molar refractivity (Wildman–Crippen MR) is 55.6 cm³/mol. The molecule has 0 amide bonds. The van der Waals surface area contributed by atoms with Gasteiger partial charge in [0.15, 0.2) is 21.1 Å². The van der Waals surface area contributed by atoms with Crippen LogP contribution >= 0.6 is 0 Å². The minimum atomic E-state index is -3.45. The van der Waals surface area contributed by atoms with E-state index in [4.69, 9.17) is 0 Å². The van der Waals surface area contributed by atoms with Gasteiger partial charge < -0.3 is 0 Å². The van der Waals surface area contributed by atoms with Crippen LogP contribution in [0.15, 0.2) is 11.2 Å². The molecule has 0 atom stereocenters. The van der Waals surface area contributed by atoms with Crippen molar-refractivity contribution in [2.75, 3.05) is 0 Å². The standard InChI is InChI=1S/C9H14N2O3S/c1-4-11-9(8(6-12)5-10-11)15(13,14)7(2)3/h5-7H,4H2,1-3H3. The molecule has 0 spiro atoms. The largest absolute Gasteiger partial charge is 0.298 e. The lowest BCUT2D eigenvalue weighted by atomic mass is 10.4. The fraction of sp³-hybridized carbons (Fsp3) is 0.556. The maximum Gasteiger partial charge on any atom is 0.198 e. The third-order valence-corrected chi connectivity index (χ3v) is 4.36. The number of hydrogen-bond acceptors (Lipinski definition) is 4. The van der Waals surface area contributed by atoms with Crippen LogP contribution in [0.1, 0.15) is 31.1 Å². The number of nitrogens with zero attached hydrogens (tertiary/aromatic N) is 2. The summed E-state index contributed by atoms with van der Waals surface area (Å²) in [5.74, 6) is 0. The summed E-state index contributed by atoms with van der Waals surface area (Å²) in [5, 5.41) is 3.33. The molecule has 1 aromatic rings. The van der Waals surface area contributed by atoms with Crippen molar-refractivity contribution in [1.29, 1.82) is 0 Å². The van der Waals surface area contributed by atoms with Gasteiger partial charge in [-0.1, -0.05) is 0 Å². The van der Waals surface area contributed by atoms with Gasteiger partial charge in [-0.15, -0.1) is 0 Å². The fourth-order valence-electron chi connectivity index (χ4n) is 1.23. The molecule has 0 aromatic carbocycles. The van der Waals surface area contributed by atoms with Crippen LogP contribution < -0.4 is 0 Å². The summed E-state index contributed by atoms with van der Waals surface area (Å²) in [7, 11) is -3.45. The molecule has 1 heterocycles. The average Bonchev–Trinajstić information content (AvgIpc) is 2.60. The second-order valence-corrected chi connectivity index (χ2v) is 5.85. The van der Waals surface area contributed by atoms with E-state index in [9.17, 15) is 13.2 Å². The molecule has 0 unspecified atom stereocenters. The Morgan fingerprint density at radius 3 is 2.53 bits per heavy atom. The molecule has 15 heavy (non-hydrogen) atoms. The van der Waals surface area contributed by atoms with Crippen molar-refractivity contribution < 1.29 is 13.2 Å². The second-order valence-electron chi connectivity index (χ2n) is 3.43. The van der Waals surface area contributed by atoms with Crippen molar-refractivity contribution in [3.8, 4) is 0 Å². The quantitative estimate of drug-likeness (QED) is 0.720. The normalized spacial score (nSPS) is 12.0. The van der Waals surface area contributed by atoms with Crippen molar-refractivity contribution >= 4 is 16.1 Å². The lowest BCUT2D eigenvalue weighted by molar-refractivity contribution is 0.112. The van der Waals surface area contributed by atoms with Crippen LogP contribution in [0, 0.1) is 0 Å². The Labute approximate surface area is 89.0 Å². The molecule has 0 saturated heterocycles. The molecule has 0 bridgehead atoms. The minimum Gasteiger partial charge on any atom is -0.298 e. The van der Waals surface area contributed by atoms with Crippen LogP contribution in [0.3, 0.4) is 0 Å². The highest BCUT2D eigenvalue weighted by Gasteiger charge is 2.27. The highest BCUT2D eigenvalue weighted by Crippen LogP contribution is 2.19. The number of carbonyl (C=O) groups excluding carboxylic acids is 1. The van der Waals surface area contributed by atoms with Gasteiger partial charge in [-0.2, -0.15) is 5.10 Å². The van der Waals surface area contributed by atoms with Crippen LogP contribution in [0.2, 0.25) is 0 Å². The Morgan fingerprint density at radius 2 is 2.13 bits per heavy atom. The highest BCUT2D eigenvalue weighted by molar-refractivity contribution is 7.92. The topological polar surface area (TPSA) is 69.0 Å². The van der Waals surface area contributed by atoms with Gasteiger partial charge in [-0.25, -0.2) is 8.42 Å². The molecule has 0 radical (unpaired) electrons. The van der Waals surface area contributed by atoms with Gasteiger partial charge in [0.25, 0.3) is 0 Å². The maximum atomic E-state index is 11.9. The van der Waals surface area contributed by atoms with E-state index in [1.807, 2.05) is 0 Å². The summed E-state index contributed by atoms with van der Waals surface area (Å²) >= 11 is 0. The zero-order chi connectivity index (χ0) is 11.6. The molecular formula is C9H14N2O3S. The SMILES string of the molecule is CCn1ncc(C=O)c1S(=O)(=O)C(C)C. The molecule has 0 aliphatic heterocycles. The van der Waals surface area contributed by atoms with E-state index in [0.29, 0.717) is 12.8 Å². The number of hydrogen-bond donors (Lipinski definition) is 0. The molecule has 1 rings (SSSR count). The van der Waals surface area contributed by atoms with Crippen LogP contribution in [0.25, 0.3) is 0 Å². The summed E-state index contributed by atoms with van der Waals surface area (Å²) in [4.78, 5) is 10.7. The first kappa shape index (κ1) is 11.9. The summed E-state index contributed by atoms with van der Waals surface area (Å²) in [6.45, 7) is 5.36. The zero-order valence-corrected chi connectivity index (χ0v) is 9.78.